The van der Waals surface area contributed by atoms with E-state index in [1.54, 1.807) is 18.2 Å². The molecule has 4 rings (SSSR count). The number of anilines is 1. The molecule has 2 aromatic heterocycles. The van der Waals surface area contributed by atoms with E-state index >= 15 is 0 Å². The zero-order chi connectivity index (χ0) is 19.7. The van der Waals surface area contributed by atoms with Gasteiger partial charge in [-0.25, -0.2) is 9.37 Å². The van der Waals surface area contributed by atoms with Gasteiger partial charge in [-0.1, -0.05) is 29.8 Å². The summed E-state index contributed by atoms with van der Waals surface area (Å²) in [7, 11) is 0. The Morgan fingerprint density at radius 2 is 1.96 bits per heavy atom. The van der Waals surface area contributed by atoms with E-state index in [0.29, 0.717) is 20.9 Å². The van der Waals surface area contributed by atoms with Crippen molar-refractivity contribution in [1.82, 2.24) is 9.55 Å². The van der Waals surface area contributed by atoms with Gasteiger partial charge in [0.2, 0.25) is 5.91 Å². The van der Waals surface area contributed by atoms with Gasteiger partial charge in [0, 0.05) is 15.6 Å². The molecule has 0 aliphatic carbocycles. The van der Waals surface area contributed by atoms with Crippen LogP contribution in [0, 0.1) is 5.82 Å². The lowest BCUT2D eigenvalue weighted by Crippen LogP contribution is -2.27. The molecule has 0 atom stereocenters. The van der Waals surface area contributed by atoms with Gasteiger partial charge in [-0.15, -0.1) is 11.3 Å². The molecule has 8 heteroatoms. The summed E-state index contributed by atoms with van der Waals surface area (Å²) in [5, 5.41) is 3.20. The summed E-state index contributed by atoms with van der Waals surface area (Å²) in [5.41, 5.74) is 1.53. The molecule has 1 amide bonds. The van der Waals surface area contributed by atoms with E-state index in [-0.39, 0.29) is 12.1 Å². The maximum atomic E-state index is 13.2. The Labute approximate surface area is 168 Å². The number of carbonyl (C=O) groups excluding carboxylic acids is 1. The standard InChI is InChI=1S/C20H13ClFN3O2S/c21-13-6-4-12(5-7-13)17-9-16-19(28-17)20(27)25(11-23-16)10-18(26)24-15-3-1-2-14(22)8-15/h1-9,11H,10H2,(H,24,26). The third-order valence-corrected chi connectivity index (χ3v) is 5.47. The largest absolute Gasteiger partial charge is 0.324 e. The molecular weight excluding hydrogens is 401 g/mol. The maximum absolute atomic E-state index is 13.2. The predicted molar refractivity (Wildman–Crippen MR) is 109 cm³/mol. The van der Waals surface area contributed by atoms with Crippen molar-refractivity contribution in [3.8, 4) is 10.4 Å². The Morgan fingerprint density at radius 3 is 2.71 bits per heavy atom. The van der Waals surface area contributed by atoms with Crippen molar-refractivity contribution in [1.29, 1.82) is 0 Å². The molecule has 0 saturated carbocycles. The summed E-state index contributed by atoms with van der Waals surface area (Å²) >= 11 is 7.23. The summed E-state index contributed by atoms with van der Waals surface area (Å²) in [6.45, 7) is -0.216. The second kappa shape index (κ2) is 7.53. The van der Waals surface area contributed by atoms with Crippen LogP contribution in [0.1, 0.15) is 0 Å². The minimum Gasteiger partial charge on any atom is -0.324 e. The number of fused-ring (bicyclic) bond motifs is 1. The average molecular weight is 414 g/mol. The van der Waals surface area contributed by atoms with Crippen molar-refractivity contribution in [2.24, 2.45) is 0 Å². The van der Waals surface area contributed by atoms with Crippen molar-refractivity contribution in [3.05, 3.63) is 82.1 Å². The highest BCUT2D eigenvalue weighted by atomic mass is 35.5. The van der Waals surface area contributed by atoms with Crippen LogP contribution in [0.2, 0.25) is 5.02 Å². The van der Waals surface area contributed by atoms with Crippen LogP contribution >= 0.6 is 22.9 Å². The normalized spacial score (nSPS) is 10.9. The molecule has 140 valence electrons. The maximum Gasteiger partial charge on any atom is 0.271 e. The molecule has 0 saturated heterocycles. The third-order valence-electron chi connectivity index (χ3n) is 4.05. The van der Waals surface area contributed by atoms with Crippen molar-refractivity contribution in [2.75, 3.05) is 5.32 Å². The molecule has 2 aromatic carbocycles. The predicted octanol–water partition coefficient (Wildman–Crippen LogP) is 4.56. The molecule has 28 heavy (non-hydrogen) atoms. The zero-order valence-electron chi connectivity index (χ0n) is 14.4. The highest BCUT2D eigenvalue weighted by Gasteiger charge is 2.13. The van der Waals surface area contributed by atoms with E-state index in [0.717, 1.165) is 10.4 Å². The van der Waals surface area contributed by atoms with Gasteiger partial charge in [0.05, 0.1) is 11.8 Å². The molecule has 0 bridgehead atoms. The van der Waals surface area contributed by atoms with Crippen LogP contribution in [-0.2, 0) is 11.3 Å². The molecule has 2 heterocycles. The van der Waals surface area contributed by atoms with E-state index in [2.05, 4.69) is 10.3 Å². The zero-order valence-corrected chi connectivity index (χ0v) is 15.9. The number of nitrogens with one attached hydrogen (secondary N) is 1. The molecule has 0 radical (unpaired) electrons. The first-order chi connectivity index (χ1) is 13.5. The molecule has 0 aliphatic rings. The SMILES string of the molecule is O=C(Cn1cnc2cc(-c3ccc(Cl)cc3)sc2c1=O)Nc1cccc(F)c1. The first kappa shape index (κ1) is 18.3. The lowest BCUT2D eigenvalue weighted by molar-refractivity contribution is -0.116. The second-order valence-corrected chi connectivity index (χ2v) is 7.56. The van der Waals surface area contributed by atoms with E-state index in [9.17, 15) is 14.0 Å². The van der Waals surface area contributed by atoms with Gasteiger partial charge in [-0.2, -0.15) is 0 Å². The highest BCUT2D eigenvalue weighted by Crippen LogP contribution is 2.31. The van der Waals surface area contributed by atoms with Crippen molar-refractivity contribution in [2.45, 2.75) is 6.54 Å². The highest BCUT2D eigenvalue weighted by molar-refractivity contribution is 7.22. The summed E-state index contributed by atoms with van der Waals surface area (Å²) in [4.78, 5) is 30.1. The Morgan fingerprint density at radius 1 is 1.18 bits per heavy atom. The fraction of sp³-hybridized carbons (Fsp3) is 0.0500. The average Bonchev–Trinajstić information content (AvgIpc) is 3.10. The van der Waals surface area contributed by atoms with Gasteiger partial charge in [0.25, 0.3) is 5.56 Å². The first-order valence-corrected chi connectivity index (χ1v) is 9.49. The van der Waals surface area contributed by atoms with Gasteiger partial charge in [-0.3, -0.25) is 14.2 Å². The Balaban J connectivity index is 1.60. The van der Waals surface area contributed by atoms with Gasteiger partial charge in [0.15, 0.2) is 0 Å². The molecular formula is C20H13ClFN3O2S. The lowest BCUT2D eigenvalue weighted by atomic mass is 10.2. The second-order valence-electron chi connectivity index (χ2n) is 6.07. The van der Waals surface area contributed by atoms with Crippen LogP contribution in [-0.4, -0.2) is 15.5 Å². The summed E-state index contributed by atoms with van der Waals surface area (Å²) in [5.74, 6) is -0.894. The van der Waals surface area contributed by atoms with Gasteiger partial charge >= 0.3 is 0 Å². The van der Waals surface area contributed by atoms with Crippen LogP contribution in [0.25, 0.3) is 20.7 Å². The van der Waals surface area contributed by atoms with Crippen molar-refractivity contribution >= 4 is 44.7 Å². The smallest absolute Gasteiger partial charge is 0.271 e. The Kier molecular flexibility index (Phi) is 4.93. The van der Waals surface area contributed by atoms with Crippen LogP contribution in [0.15, 0.2) is 65.7 Å². The number of hydrogen-bond donors (Lipinski definition) is 1. The Bertz CT molecular complexity index is 1230. The fourth-order valence-corrected chi connectivity index (χ4v) is 3.93. The lowest BCUT2D eigenvalue weighted by Gasteiger charge is -2.07. The minimum atomic E-state index is -0.452. The fourth-order valence-electron chi connectivity index (χ4n) is 2.74. The first-order valence-electron chi connectivity index (χ1n) is 8.30. The van der Waals surface area contributed by atoms with Crippen LogP contribution in [0.4, 0.5) is 10.1 Å². The van der Waals surface area contributed by atoms with Crippen molar-refractivity contribution < 1.29 is 9.18 Å². The summed E-state index contributed by atoms with van der Waals surface area (Å²) < 4.78 is 14.9. The minimum absolute atomic E-state index is 0.216. The van der Waals surface area contributed by atoms with Crippen molar-refractivity contribution in [3.63, 3.8) is 0 Å². The number of aromatic nitrogens is 2. The van der Waals surface area contributed by atoms with E-state index in [1.165, 1.54) is 40.4 Å². The molecule has 0 unspecified atom stereocenters. The number of nitrogens with zero attached hydrogens (tertiary/aromatic N) is 2. The Hall–Kier alpha value is -3.03. The van der Waals surface area contributed by atoms with Gasteiger partial charge in [-0.05, 0) is 42.0 Å². The quantitative estimate of drug-likeness (QED) is 0.533. The summed E-state index contributed by atoms with van der Waals surface area (Å²) in [6, 6.07) is 14.7. The molecule has 4 aromatic rings. The monoisotopic (exact) mass is 413 g/mol. The van der Waals surface area contributed by atoms with E-state index in [4.69, 9.17) is 11.6 Å². The molecule has 1 N–H and O–H groups in total. The van der Waals surface area contributed by atoms with E-state index in [1.807, 2.05) is 18.2 Å². The van der Waals surface area contributed by atoms with Crippen LogP contribution in [0.5, 0.6) is 0 Å². The molecule has 0 fully saturated rings. The number of rotatable bonds is 4. The number of benzene rings is 2. The molecule has 0 aliphatic heterocycles. The number of amides is 1. The third kappa shape index (κ3) is 3.81. The van der Waals surface area contributed by atoms with Crippen LogP contribution in [0.3, 0.4) is 0 Å². The van der Waals surface area contributed by atoms with Gasteiger partial charge < -0.3 is 5.32 Å². The number of hydrogen-bond acceptors (Lipinski definition) is 4. The number of halogens is 2. The topological polar surface area (TPSA) is 64.0 Å². The van der Waals surface area contributed by atoms with Crippen LogP contribution < -0.4 is 10.9 Å². The number of thiophene rings is 1. The summed E-state index contributed by atoms with van der Waals surface area (Å²) in [6.07, 6.45) is 1.34. The molecule has 5 nitrogen and oxygen atoms in total. The van der Waals surface area contributed by atoms with E-state index < -0.39 is 11.7 Å². The number of carbonyl (C=O) groups is 1. The van der Waals surface area contributed by atoms with Gasteiger partial charge in [0.1, 0.15) is 17.1 Å². The molecule has 0 spiro atoms.